The molecule has 2 aromatic carbocycles. The fraction of sp³-hybridized carbons (Fsp3) is 0.300. The van der Waals surface area contributed by atoms with Crippen LogP contribution in [0.2, 0.25) is 5.02 Å². The summed E-state index contributed by atoms with van der Waals surface area (Å²) in [6.45, 7) is 3.55. The molecule has 1 saturated heterocycles. The molecule has 3 rings (SSSR count). The van der Waals surface area contributed by atoms with E-state index in [1.165, 1.54) is 4.90 Å². The second-order valence-electron chi connectivity index (χ2n) is 6.44. The first kappa shape index (κ1) is 17.5. The lowest BCUT2D eigenvalue weighted by Crippen LogP contribution is -2.49. The van der Waals surface area contributed by atoms with Crippen LogP contribution >= 0.6 is 11.6 Å². The van der Waals surface area contributed by atoms with Crippen LogP contribution in [0, 0.1) is 5.92 Å². The van der Waals surface area contributed by atoms with Crippen LogP contribution in [-0.4, -0.2) is 29.9 Å². The Kier molecular flexibility index (Phi) is 5.39. The number of rotatable bonds is 2. The summed E-state index contributed by atoms with van der Waals surface area (Å²) in [6, 6.07) is 15.4. The SMILES string of the molecule is CC1CCN(C(=O)N(C(=O)c2ccc(Cl)cc2)c2ccccc2)CC1. The van der Waals surface area contributed by atoms with Gasteiger partial charge in [0, 0.05) is 23.7 Å². The highest BCUT2D eigenvalue weighted by Crippen LogP contribution is 2.23. The number of amides is 3. The number of imide groups is 1. The van der Waals surface area contributed by atoms with Crippen molar-refractivity contribution in [1.82, 2.24) is 4.90 Å². The molecule has 1 heterocycles. The predicted molar refractivity (Wildman–Crippen MR) is 100 cm³/mol. The summed E-state index contributed by atoms with van der Waals surface area (Å²) in [5.41, 5.74) is 1.01. The van der Waals surface area contributed by atoms with Crippen LogP contribution < -0.4 is 4.90 Å². The standard InChI is InChI=1S/C20H21ClN2O2/c1-15-11-13-22(14-12-15)20(25)23(18-5-3-2-4-6-18)19(24)16-7-9-17(21)10-8-16/h2-10,15H,11-14H2,1H3. The van der Waals surface area contributed by atoms with E-state index in [-0.39, 0.29) is 11.9 Å². The third kappa shape index (κ3) is 4.02. The molecule has 2 aromatic rings. The number of urea groups is 1. The number of piperidine rings is 1. The van der Waals surface area contributed by atoms with Crippen LogP contribution in [-0.2, 0) is 0 Å². The topological polar surface area (TPSA) is 40.6 Å². The van der Waals surface area contributed by atoms with Gasteiger partial charge in [-0.3, -0.25) is 4.79 Å². The molecule has 0 radical (unpaired) electrons. The molecule has 0 spiro atoms. The van der Waals surface area contributed by atoms with Gasteiger partial charge in [-0.2, -0.15) is 0 Å². The van der Waals surface area contributed by atoms with E-state index >= 15 is 0 Å². The minimum Gasteiger partial charge on any atom is -0.324 e. The molecule has 0 unspecified atom stereocenters. The first-order valence-electron chi connectivity index (χ1n) is 8.50. The molecule has 25 heavy (non-hydrogen) atoms. The Bertz CT molecular complexity index is 738. The number of carbonyl (C=O) groups excluding carboxylic acids is 2. The molecule has 1 fully saturated rings. The van der Waals surface area contributed by atoms with Crippen molar-refractivity contribution in [3.05, 3.63) is 65.2 Å². The Hall–Kier alpha value is -2.33. The third-order valence-corrected chi connectivity index (χ3v) is 4.81. The van der Waals surface area contributed by atoms with Crippen LogP contribution in [0.4, 0.5) is 10.5 Å². The predicted octanol–water partition coefficient (Wildman–Crippen LogP) is 4.84. The minimum atomic E-state index is -0.341. The van der Waals surface area contributed by atoms with Gasteiger partial charge in [-0.15, -0.1) is 0 Å². The summed E-state index contributed by atoms with van der Waals surface area (Å²) in [5, 5.41) is 0.555. The van der Waals surface area contributed by atoms with Gasteiger partial charge < -0.3 is 4.90 Å². The van der Waals surface area contributed by atoms with Gasteiger partial charge in [-0.05, 0) is 55.2 Å². The Labute approximate surface area is 153 Å². The molecule has 0 aliphatic carbocycles. The number of benzene rings is 2. The van der Waals surface area contributed by atoms with Crippen molar-refractivity contribution in [1.29, 1.82) is 0 Å². The maximum Gasteiger partial charge on any atom is 0.331 e. The summed E-state index contributed by atoms with van der Waals surface area (Å²) in [6.07, 6.45) is 1.92. The van der Waals surface area contributed by atoms with Crippen molar-refractivity contribution in [3.63, 3.8) is 0 Å². The van der Waals surface area contributed by atoms with Crippen molar-refractivity contribution in [2.24, 2.45) is 5.92 Å². The average molecular weight is 357 g/mol. The van der Waals surface area contributed by atoms with E-state index in [0.29, 0.717) is 35.3 Å². The average Bonchev–Trinajstić information content (AvgIpc) is 2.64. The van der Waals surface area contributed by atoms with E-state index in [9.17, 15) is 9.59 Å². The Morgan fingerprint density at radius 1 is 1.00 bits per heavy atom. The van der Waals surface area contributed by atoms with E-state index in [1.807, 2.05) is 18.2 Å². The van der Waals surface area contributed by atoms with E-state index in [4.69, 9.17) is 11.6 Å². The monoisotopic (exact) mass is 356 g/mol. The quantitative estimate of drug-likeness (QED) is 0.772. The number of carbonyl (C=O) groups is 2. The van der Waals surface area contributed by atoms with Gasteiger partial charge >= 0.3 is 6.03 Å². The van der Waals surface area contributed by atoms with Gasteiger partial charge in [-0.1, -0.05) is 36.7 Å². The van der Waals surface area contributed by atoms with Crippen LogP contribution in [0.1, 0.15) is 30.1 Å². The first-order chi connectivity index (χ1) is 12.1. The van der Waals surface area contributed by atoms with Gasteiger partial charge in [0.25, 0.3) is 5.91 Å². The van der Waals surface area contributed by atoms with Gasteiger partial charge in [0.1, 0.15) is 0 Å². The van der Waals surface area contributed by atoms with Gasteiger partial charge in [0.05, 0.1) is 5.69 Å². The van der Waals surface area contributed by atoms with Crippen molar-refractivity contribution in [3.8, 4) is 0 Å². The number of anilines is 1. The fourth-order valence-corrected chi connectivity index (χ4v) is 3.08. The smallest absolute Gasteiger partial charge is 0.324 e. The van der Waals surface area contributed by atoms with Crippen LogP contribution in [0.5, 0.6) is 0 Å². The minimum absolute atomic E-state index is 0.266. The van der Waals surface area contributed by atoms with Gasteiger partial charge in [-0.25, -0.2) is 9.69 Å². The second kappa shape index (κ2) is 7.70. The summed E-state index contributed by atoms with van der Waals surface area (Å²) in [7, 11) is 0. The lowest BCUT2D eigenvalue weighted by Gasteiger charge is -2.34. The fourth-order valence-electron chi connectivity index (χ4n) is 2.95. The van der Waals surface area contributed by atoms with Gasteiger partial charge in [0.15, 0.2) is 0 Å². The highest BCUT2D eigenvalue weighted by molar-refractivity contribution is 6.30. The van der Waals surface area contributed by atoms with E-state index in [0.717, 1.165) is 12.8 Å². The van der Waals surface area contributed by atoms with E-state index in [1.54, 1.807) is 41.3 Å². The molecule has 0 aromatic heterocycles. The second-order valence-corrected chi connectivity index (χ2v) is 6.87. The summed E-state index contributed by atoms with van der Waals surface area (Å²) < 4.78 is 0. The molecule has 0 N–H and O–H groups in total. The highest BCUT2D eigenvalue weighted by Gasteiger charge is 2.30. The zero-order valence-corrected chi connectivity index (χ0v) is 14.9. The maximum atomic E-state index is 13.1. The number of likely N-dealkylation sites (tertiary alicyclic amines) is 1. The molecule has 0 atom stereocenters. The summed E-state index contributed by atoms with van der Waals surface area (Å²) in [5.74, 6) is 0.271. The highest BCUT2D eigenvalue weighted by atomic mass is 35.5. The largest absolute Gasteiger partial charge is 0.331 e. The Morgan fingerprint density at radius 2 is 1.60 bits per heavy atom. The van der Waals surface area contributed by atoms with Crippen LogP contribution in [0.3, 0.4) is 0 Å². The zero-order valence-electron chi connectivity index (χ0n) is 14.2. The molecule has 130 valence electrons. The number of hydrogen-bond donors (Lipinski definition) is 0. The lowest BCUT2D eigenvalue weighted by molar-refractivity contribution is 0.0981. The molecule has 1 aliphatic rings. The number of para-hydroxylation sites is 1. The zero-order chi connectivity index (χ0) is 17.8. The normalized spacial score (nSPS) is 15.0. The Balaban J connectivity index is 1.91. The molecule has 4 nitrogen and oxygen atoms in total. The van der Waals surface area contributed by atoms with Crippen molar-refractivity contribution >= 4 is 29.2 Å². The van der Waals surface area contributed by atoms with Crippen LogP contribution in [0.25, 0.3) is 0 Å². The van der Waals surface area contributed by atoms with Crippen molar-refractivity contribution in [2.45, 2.75) is 19.8 Å². The Morgan fingerprint density at radius 3 is 2.20 bits per heavy atom. The van der Waals surface area contributed by atoms with Crippen LogP contribution in [0.15, 0.2) is 54.6 Å². The molecular formula is C20H21ClN2O2. The lowest BCUT2D eigenvalue weighted by atomic mass is 9.99. The first-order valence-corrected chi connectivity index (χ1v) is 8.88. The third-order valence-electron chi connectivity index (χ3n) is 4.55. The number of hydrogen-bond acceptors (Lipinski definition) is 2. The molecule has 0 saturated carbocycles. The van der Waals surface area contributed by atoms with Crippen molar-refractivity contribution in [2.75, 3.05) is 18.0 Å². The molecule has 1 aliphatic heterocycles. The van der Waals surface area contributed by atoms with Crippen molar-refractivity contribution < 1.29 is 9.59 Å². The molecule has 0 bridgehead atoms. The molecular weight excluding hydrogens is 336 g/mol. The molecule has 3 amide bonds. The van der Waals surface area contributed by atoms with Gasteiger partial charge in [0.2, 0.25) is 0 Å². The summed E-state index contributed by atoms with van der Waals surface area (Å²) >= 11 is 5.91. The summed E-state index contributed by atoms with van der Waals surface area (Å²) in [4.78, 5) is 29.2. The van der Waals surface area contributed by atoms with E-state index < -0.39 is 0 Å². The molecule has 5 heteroatoms. The maximum absolute atomic E-state index is 13.1. The number of nitrogens with zero attached hydrogens (tertiary/aromatic N) is 2. The van der Waals surface area contributed by atoms with E-state index in [2.05, 4.69) is 6.92 Å². The number of halogens is 1.